The molecule has 0 aromatic heterocycles. The molecule has 21 heavy (non-hydrogen) atoms. The van der Waals surface area contributed by atoms with Gasteiger partial charge in [0.1, 0.15) is 0 Å². The quantitative estimate of drug-likeness (QED) is 0.795. The van der Waals surface area contributed by atoms with Gasteiger partial charge in [0.05, 0.1) is 13.2 Å². The molecule has 0 spiro atoms. The third kappa shape index (κ3) is 5.21. The molecule has 0 unspecified atom stereocenters. The summed E-state index contributed by atoms with van der Waals surface area (Å²) in [5, 5.41) is 7.25. The number of anilines is 1. The molecule has 116 valence electrons. The van der Waals surface area contributed by atoms with Crippen molar-refractivity contribution >= 4 is 38.9 Å². The number of hydrogen-bond donors (Lipinski definition) is 2. The highest BCUT2D eigenvalue weighted by Crippen LogP contribution is 2.24. The molecule has 6 heteroatoms. The molecule has 1 heterocycles. The molecule has 1 aliphatic heterocycles. The van der Waals surface area contributed by atoms with E-state index in [-0.39, 0.29) is 0 Å². The lowest BCUT2D eigenvalue weighted by Gasteiger charge is -2.26. The van der Waals surface area contributed by atoms with Crippen molar-refractivity contribution in [2.75, 3.05) is 44.7 Å². The highest BCUT2D eigenvalue weighted by atomic mass is 79.9. The van der Waals surface area contributed by atoms with Crippen molar-refractivity contribution in [3.8, 4) is 0 Å². The van der Waals surface area contributed by atoms with Gasteiger partial charge in [-0.15, -0.1) is 0 Å². The van der Waals surface area contributed by atoms with Crippen LogP contribution in [0.1, 0.15) is 11.1 Å². The minimum Gasteiger partial charge on any atom is -0.379 e. The minimum absolute atomic E-state index is 0.678. The van der Waals surface area contributed by atoms with E-state index in [0.717, 1.165) is 49.6 Å². The maximum Gasteiger partial charge on any atom is 0.170 e. The maximum atomic E-state index is 5.38. The normalized spacial score (nSPS) is 15.8. The Labute approximate surface area is 140 Å². The number of benzene rings is 1. The Morgan fingerprint density at radius 3 is 2.52 bits per heavy atom. The number of morpholine rings is 1. The average Bonchev–Trinajstić information content (AvgIpc) is 2.44. The second-order valence-corrected chi connectivity index (χ2v) is 6.57. The molecule has 1 aromatic rings. The zero-order chi connectivity index (χ0) is 15.2. The van der Waals surface area contributed by atoms with Crippen molar-refractivity contribution in [1.82, 2.24) is 10.2 Å². The molecule has 1 aromatic carbocycles. The van der Waals surface area contributed by atoms with Gasteiger partial charge in [0.25, 0.3) is 0 Å². The van der Waals surface area contributed by atoms with Gasteiger partial charge in [0, 0.05) is 36.3 Å². The summed E-state index contributed by atoms with van der Waals surface area (Å²) in [5.74, 6) is 0. The van der Waals surface area contributed by atoms with E-state index in [1.165, 1.54) is 11.1 Å². The first-order valence-electron chi connectivity index (χ1n) is 7.18. The maximum absolute atomic E-state index is 5.38. The Bertz CT molecular complexity index is 481. The van der Waals surface area contributed by atoms with E-state index >= 15 is 0 Å². The van der Waals surface area contributed by atoms with Crippen molar-refractivity contribution in [1.29, 1.82) is 0 Å². The molecule has 0 saturated carbocycles. The van der Waals surface area contributed by atoms with Gasteiger partial charge in [0.2, 0.25) is 0 Å². The summed E-state index contributed by atoms with van der Waals surface area (Å²) < 4.78 is 6.43. The van der Waals surface area contributed by atoms with Gasteiger partial charge in [-0.1, -0.05) is 15.9 Å². The van der Waals surface area contributed by atoms with E-state index in [0.29, 0.717) is 5.11 Å². The van der Waals surface area contributed by atoms with E-state index in [2.05, 4.69) is 57.4 Å². The summed E-state index contributed by atoms with van der Waals surface area (Å²) in [6.45, 7) is 9.68. The van der Waals surface area contributed by atoms with E-state index in [9.17, 15) is 0 Å². The molecule has 0 aliphatic carbocycles. The monoisotopic (exact) mass is 371 g/mol. The smallest absolute Gasteiger partial charge is 0.170 e. The number of nitrogens with one attached hydrogen (secondary N) is 2. The summed E-state index contributed by atoms with van der Waals surface area (Å²) in [6, 6.07) is 4.18. The van der Waals surface area contributed by atoms with Crippen molar-refractivity contribution in [3.63, 3.8) is 0 Å². The Hall–Kier alpha value is -0.690. The fraction of sp³-hybridized carbons (Fsp3) is 0.533. The van der Waals surface area contributed by atoms with Crippen LogP contribution in [0.25, 0.3) is 0 Å². The van der Waals surface area contributed by atoms with Crippen LogP contribution in [0.4, 0.5) is 5.69 Å². The van der Waals surface area contributed by atoms with Gasteiger partial charge in [-0.05, 0) is 49.3 Å². The topological polar surface area (TPSA) is 36.5 Å². The molecule has 0 amide bonds. The second-order valence-electron chi connectivity index (χ2n) is 5.25. The molecular weight excluding hydrogens is 350 g/mol. The van der Waals surface area contributed by atoms with Crippen LogP contribution in [-0.2, 0) is 4.74 Å². The van der Waals surface area contributed by atoms with Crippen LogP contribution >= 0.6 is 28.1 Å². The largest absolute Gasteiger partial charge is 0.379 e. The number of halogens is 1. The molecule has 4 nitrogen and oxygen atoms in total. The van der Waals surface area contributed by atoms with Gasteiger partial charge < -0.3 is 15.4 Å². The van der Waals surface area contributed by atoms with Crippen LogP contribution in [-0.4, -0.2) is 49.4 Å². The van der Waals surface area contributed by atoms with Gasteiger partial charge in [-0.2, -0.15) is 0 Å². The number of hydrogen-bond acceptors (Lipinski definition) is 3. The molecule has 1 aliphatic rings. The van der Waals surface area contributed by atoms with Crippen LogP contribution < -0.4 is 10.6 Å². The van der Waals surface area contributed by atoms with Crippen LogP contribution in [0.2, 0.25) is 0 Å². The molecule has 1 saturated heterocycles. The average molecular weight is 372 g/mol. The summed E-state index contributed by atoms with van der Waals surface area (Å²) >= 11 is 8.89. The first-order valence-corrected chi connectivity index (χ1v) is 8.38. The number of aryl methyl sites for hydroxylation is 2. The fourth-order valence-corrected chi connectivity index (χ4v) is 3.31. The first-order chi connectivity index (χ1) is 10.1. The van der Waals surface area contributed by atoms with E-state index in [1.54, 1.807) is 0 Å². The highest BCUT2D eigenvalue weighted by Gasteiger charge is 2.10. The predicted molar refractivity (Wildman–Crippen MR) is 95.1 cm³/mol. The third-order valence-corrected chi connectivity index (χ3v) is 4.26. The van der Waals surface area contributed by atoms with Crippen molar-refractivity contribution in [3.05, 3.63) is 27.7 Å². The Morgan fingerprint density at radius 2 is 1.90 bits per heavy atom. The molecule has 0 radical (unpaired) electrons. The Morgan fingerprint density at radius 1 is 1.29 bits per heavy atom. The second kappa shape index (κ2) is 8.08. The first kappa shape index (κ1) is 16.7. The van der Waals surface area contributed by atoms with Crippen LogP contribution in [0.3, 0.4) is 0 Å². The van der Waals surface area contributed by atoms with Crippen molar-refractivity contribution in [2.24, 2.45) is 0 Å². The van der Waals surface area contributed by atoms with Crippen LogP contribution in [0.5, 0.6) is 0 Å². The standard InChI is InChI=1S/C15H22BrN3OS/c1-11-9-13(16)10-12(2)14(11)18-15(21)17-3-4-19-5-7-20-8-6-19/h9-10H,3-8H2,1-2H3,(H2,17,18,21). The predicted octanol–water partition coefficient (Wildman–Crippen LogP) is 2.68. The zero-order valence-corrected chi connectivity index (χ0v) is 14.9. The molecule has 1 fully saturated rings. The van der Waals surface area contributed by atoms with Gasteiger partial charge in [-0.3, -0.25) is 4.90 Å². The lowest BCUT2D eigenvalue weighted by atomic mass is 10.1. The fourth-order valence-electron chi connectivity index (χ4n) is 2.42. The molecular formula is C15H22BrN3OS. The SMILES string of the molecule is Cc1cc(Br)cc(C)c1NC(=S)NCCN1CCOCC1. The van der Waals surface area contributed by atoms with Gasteiger partial charge in [0.15, 0.2) is 5.11 Å². The number of nitrogens with zero attached hydrogens (tertiary/aromatic N) is 1. The summed E-state index contributed by atoms with van der Waals surface area (Å²) in [4.78, 5) is 2.38. The van der Waals surface area contributed by atoms with Crippen LogP contribution in [0, 0.1) is 13.8 Å². The van der Waals surface area contributed by atoms with E-state index < -0.39 is 0 Å². The highest BCUT2D eigenvalue weighted by molar-refractivity contribution is 9.10. The lowest BCUT2D eigenvalue weighted by Crippen LogP contribution is -2.42. The molecule has 0 bridgehead atoms. The summed E-state index contributed by atoms with van der Waals surface area (Å²) in [5.41, 5.74) is 3.44. The van der Waals surface area contributed by atoms with E-state index in [4.69, 9.17) is 17.0 Å². The van der Waals surface area contributed by atoms with Gasteiger partial charge in [-0.25, -0.2) is 0 Å². The number of rotatable bonds is 4. The van der Waals surface area contributed by atoms with Crippen molar-refractivity contribution < 1.29 is 4.74 Å². The third-order valence-electron chi connectivity index (χ3n) is 3.55. The Balaban J connectivity index is 1.79. The minimum atomic E-state index is 0.678. The van der Waals surface area contributed by atoms with Crippen LogP contribution in [0.15, 0.2) is 16.6 Å². The number of ether oxygens (including phenoxy) is 1. The Kier molecular flexibility index (Phi) is 6.41. The molecule has 2 rings (SSSR count). The van der Waals surface area contributed by atoms with Gasteiger partial charge >= 0.3 is 0 Å². The van der Waals surface area contributed by atoms with E-state index in [1.807, 2.05) is 0 Å². The molecule has 0 atom stereocenters. The zero-order valence-electron chi connectivity index (χ0n) is 12.5. The lowest BCUT2D eigenvalue weighted by molar-refractivity contribution is 0.0389. The summed E-state index contributed by atoms with van der Waals surface area (Å²) in [7, 11) is 0. The molecule has 2 N–H and O–H groups in total. The number of thiocarbonyl (C=S) groups is 1. The van der Waals surface area contributed by atoms with Crippen molar-refractivity contribution in [2.45, 2.75) is 13.8 Å². The summed E-state index contributed by atoms with van der Waals surface area (Å²) in [6.07, 6.45) is 0.